The Balaban J connectivity index is 0.789. The van der Waals surface area contributed by atoms with Crippen LogP contribution in [0, 0.1) is 11.8 Å². The van der Waals surface area contributed by atoms with Gasteiger partial charge in [-0.15, -0.1) is 0 Å². The molecular formula is C50H80O16. The molecule has 16 nitrogen and oxygen atoms in total. The van der Waals surface area contributed by atoms with Gasteiger partial charge in [0.2, 0.25) is 0 Å². The lowest BCUT2D eigenvalue weighted by Crippen LogP contribution is -2.27. The van der Waals surface area contributed by atoms with Gasteiger partial charge in [0.15, 0.2) is 0 Å². The number of epoxide rings is 2. The Hall–Kier alpha value is -3.79. The zero-order valence-corrected chi connectivity index (χ0v) is 39.7. The zero-order valence-electron chi connectivity index (χ0n) is 39.7. The maximum absolute atomic E-state index is 12.2. The van der Waals surface area contributed by atoms with E-state index in [1.54, 1.807) is 0 Å². The normalized spacial score (nSPS) is 21.3. The molecule has 2 saturated heterocycles. The highest BCUT2D eigenvalue weighted by Gasteiger charge is 2.51. The molecule has 4 rings (SSSR count). The molecule has 376 valence electrons. The molecule has 4 aliphatic rings. The smallest absolute Gasteiger partial charge is 0.311 e. The fourth-order valence-electron chi connectivity index (χ4n) is 8.56. The van der Waals surface area contributed by atoms with Crippen LogP contribution in [-0.4, -0.2) is 112 Å². The minimum absolute atomic E-state index is 0.0648. The summed E-state index contributed by atoms with van der Waals surface area (Å²) in [7, 11) is 0. The molecule has 0 aromatic heterocycles. The van der Waals surface area contributed by atoms with Crippen molar-refractivity contribution in [2.75, 3.05) is 46.2 Å². The van der Waals surface area contributed by atoms with Crippen LogP contribution in [0.25, 0.3) is 0 Å². The standard InChI is InChI=1S/C50H80O16/c51-42(25-7-2-14-32-59-44(53)27-9-4-16-34-61-46(55)29-11-6-18-36-63-50(57)39-22-20-24-41-49(39)66-41)58-31-13-1-8-26-43(52)60-33-15-3-10-28-45(54)62-35-17-5-12-30-47(56)64-37-38-21-19-23-40-48(38)65-40/h38-41,48-49H,1-37H2. The maximum Gasteiger partial charge on any atom is 0.311 e. The van der Waals surface area contributed by atoms with E-state index >= 15 is 0 Å². The number of hydrogen-bond donors (Lipinski definition) is 0. The molecule has 0 N–H and O–H groups in total. The molecule has 2 heterocycles. The van der Waals surface area contributed by atoms with Gasteiger partial charge in [-0.1, -0.05) is 6.42 Å². The van der Waals surface area contributed by atoms with Crippen molar-refractivity contribution < 1.29 is 76.2 Å². The molecular weight excluding hydrogens is 857 g/mol. The third-order valence-corrected chi connectivity index (χ3v) is 12.6. The molecule has 6 atom stereocenters. The van der Waals surface area contributed by atoms with Gasteiger partial charge >= 0.3 is 41.8 Å². The average Bonchev–Trinajstić information content (AvgIpc) is 4.25. The summed E-state index contributed by atoms with van der Waals surface area (Å²) in [5.41, 5.74) is 0. The first-order valence-electron chi connectivity index (χ1n) is 25.6. The van der Waals surface area contributed by atoms with Crippen LogP contribution in [0.2, 0.25) is 0 Å². The van der Waals surface area contributed by atoms with Gasteiger partial charge in [0.05, 0.1) is 76.6 Å². The summed E-state index contributed by atoms with van der Waals surface area (Å²) >= 11 is 0. The molecule has 16 heteroatoms. The van der Waals surface area contributed by atoms with Crippen LogP contribution in [0.1, 0.15) is 193 Å². The van der Waals surface area contributed by atoms with E-state index in [0.717, 1.165) is 83.5 Å². The summed E-state index contributed by atoms with van der Waals surface area (Å²) in [6.07, 6.45) is 21.9. The number of carbonyl (C=O) groups is 7. The van der Waals surface area contributed by atoms with Gasteiger partial charge in [-0.3, -0.25) is 33.6 Å². The molecule has 4 fully saturated rings. The average molecular weight is 937 g/mol. The van der Waals surface area contributed by atoms with Gasteiger partial charge in [0.25, 0.3) is 0 Å². The van der Waals surface area contributed by atoms with Crippen LogP contribution < -0.4 is 0 Å². The number of hydrogen-bond acceptors (Lipinski definition) is 16. The SMILES string of the molecule is O=C(CCCCCOC(=O)CCCCCOC(=O)CCCCCOC(=O)C1CCCC2OC21)OCCCCCC(=O)OCCCCCC(=O)OCCCCCC(=O)OCC1CCCC2OC12. The monoisotopic (exact) mass is 937 g/mol. The zero-order chi connectivity index (χ0) is 47.0. The highest BCUT2D eigenvalue weighted by atomic mass is 16.6. The van der Waals surface area contributed by atoms with Gasteiger partial charge in [-0.25, -0.2) is 0 Å². The number of fused-ring (bicyclic) bond motifs is 2. The predicted octanol–water partition coefficient (Wildman–Crippen LogP) is 8.29. The number of ether oxygens (including phenoxy) is 9. The van der Waals surface area contributed by atoms with Crippen molar-refractivity contribution in [2.45, 2.75) is 217 Å². The molecule has 0 aromatic carbocycles. The minimum Gasteiger partial charge on any atom is -0.466 e. The quantitative estimate of drug-likeness (QED) is 0.0246. The number of carbonyl (C=O) groups excluding carboxylic acids is 7. The van der Waals surface area contributed by atoms with Crippen molar-refractivity contribution in [3.63, 3.8) is 0 Å². The van der Waals surface area contributed by atoms with E-state index in [-0.39, 0.29) is 59.9 Å². The largest absolute Gasteiger partial charge is 0.466 e. The van der Waals surface area contributed by atoms with Crippen molar-refractivity contribution in [1.29, 1.82) is 0 Å². The molecule has 0 bridgehead atoms. The third kappa shape index (κ3) is 25.4. The lowest BCUT2D eigenvalue weighted by molar-refractivity contribution is -0.150. The van der Waals surface area contributed by atoms with E-state index < -0.39 is 0 Å². The lowest BCUT2D eigenvalue weighted by Gasteiger charge is -2.17. The highest BCUT2D eigenvalue weighted by Crippen LogP contribution is 2.42. The Labute approximate surface area is 392 Å². The fraction of sp³-hybridized carbons (Fsp3) is 0.860. The first kappa shape index (κ1) is 54.8. The van der Waals surface area contributed by atoms with Crippen LogP contribution in [-0.2, 0) is 76.2 Å². The second-order valence-corrected chi connectivity index (χ2v) is 18.3. The molecule has 0 radical (unpaired) electrons. The van der Waals surface area contributed by atoms with E-state index in [0.29, 0.717) is 174 Å². The van der Waals surface area contributed by atoms with Crippen LogP contribution >= 0.6 is 0 Å². The van der Waals surface area contributed by atoms with Crippen LogP contribution in [0.5, 0.6) is 0 Å². The Morgan fingerprint density at radius 1 is 0.333 bits per heavy atom. The lowest BCUT2D eigenvalue weighted by atomic mass is 9.89. The molecule has 6 unspecified atom stereocenters. The van der Waals surface area contributed by atoms with E-state index in [9.17, 15) is 33.6 Å². The summed E-state index contributed by atoms with van der Waals surface area (Å²) in [4.78, 5) is 84.2. The molecule has 2 aliphatic heterocycles. The van der Waals surface area contributed by atoms with Crippen molar-refractivity contribution in [1.82, 2.24) is 0 Å². The highest BCUT2D eigenvalue weighted by molar-refractivity contribution is 5.74. The fourth-order valence-corrected chi connectivity index (χ4v) is 8.56. The first-order valence-corrected chi connectivity index (χ1v) is 25.6. The molecule has 2 saturated carbocycles. The molecule has 0 spiro atoms. The maximum atomic E-state index is 12.2. The van der Waals surface area contributed by atoms with E-state index in [1.807, 2.05) is 0 Å². The third-order valence-electron chi connectivity index (χ3n) is 12.6. The van der Waals surface area contributed by atoms with Crippen molar-refractivity contribution >= 4 is 41.8 Å². The molecule has 66 heavy (non-hydrogen) atoms. The van der Waals surface area contributed by atoms with Crippen LogP contribution in [0.4, 0.5) is 0 Å². The summed E-state index contributed by atoms with van der Waals surface area (Å²) < 4.78 is 48.4. The predicted molar refractivity (Wildman–Crippen MR) is 240 cm³/mol. The minimum atomic E-state index is -0.259. The Morgan fingerprint density at radius 3 is 1.05 bits per heavy atom. The summed E-state index contributed by atoms with van der Waals surface area (Å²) in [5.74, 6) is -1.34. The van der Waals surface area contributed by atoms with Gasteiger partial charge < -0.3 is 42.6 Å². The van der Waals surface area contributed by atoms with Crippen molar-refractivity contribution in [2.24, 2.45) is 11.8 Å². The molecule has 0 aromatic rings. The van der Waals surface area contributed by atoms with Gasteiger partial charge in [0.1, 0.15) is 0 Å². The second kappa shape index (κ2) is 33.6. The summed E-state index contributed by atoms with van der Waals surface area (Å²) in [6.45, 7) is 2.43. The van der Waals surface area contributed by atoms with Gasteiger partial charge in [-0.05, 0) is 148 Å². The second-order valence-electron chi connectivity index (χ2n) is 18.3. The molecule has 2 aliphatic carbocycles. The summed E-state index contributed by atoms with van der Waals surface area (Å²) in [5, 5.41) is 0. The van der Waals surface area contributed by atoms with Gasteiger partial charge in [-0.2, -0.15) is 0 Å². The van der Waals surface area contributed by atoms with Crippen molar-refractivity contribution in [3.8, 4) is 0 Å². The Bertz CT molecular complexity index is 1450. The van der Waals surface area contributed by atoms with E-state index in [2.05, 4.69) is 0 Å². The van der Waals surface area contributed by atoms with Crippen molar-refractivity contribution in [3.05, 3.63) is 0 Å². The Morgan fingerprint density at radius 2 is 0.652 bits per heavy atom. The molecule has 0 amide bonds. The first-order chi connectivity index (χ1) is 32.2. The summed E-state index contributed by atoms with van der Waals surface area (Å²) in [6, 6.07) is 0. The number of esters is 7. The van der Waals surface area contributed by atoms with Gasteiger partial charge in [0, 0.05) is 44.4 Å². The van der Waals surface area contributed by atoms with Crippen LogP contribution in [0.3, 0.4) is 0 Å². The van der Waals surface area contributed by atoms with E-state index in [4.69, 9.17) is 42.6 Å². The Kier molecular flexibility index (Phi) is 27.9. The van der Waals surface area contributed by atoms with E-state index in [1.165, 1.54) is 0 Å². The van der Waals surface area contributed by atoms with Crippen LogP contribution in [0.15, 0.2) is 0 Å². The number of rotatable bonds is 39. The topological polar surface area (TPSA) is 209 Å². The number of unbranched alkanes of at least 4 members (excludes halogenated alkanes) is 12.